The van der Waals surface area contributed by atoms with Crippen LogP contribution >= 0.6 is 0 Å². The molecule has 1 N–H and O–H groups in total. The Hall–Kier alpha value is -0.0900. The van der Waals surface area contributed by atoms with Crippen LogP contribution in [-0.4, -0.2) is 33.5 Å². The lowest BCUT2D eigenvalue weighted by atomic mass is 10.0. The SMILES string of the molecule is CNC(CCS(C)(=O)=O)C1C2CCCC21. The van der Waals surface area contributed by atoms with Gasteiger partial charge in [0.05, 0.1) is 5.75 Å². The molecule has 0 heterocycles. The number of hydrogen-bond acceptors (Lipinski definition) is 3. The number of sulfone groups is 1. The van der Waals surface area contributed by atoms with Gasteiger partial charge < -0.3 is 5.32 Å². The standard InChI is InChI=1S/C11H21NO2S/c1-12-10(6-7-15(2,13)14)11-8-4-3-5-9(8)11/h8-12H,3-7H2,1-2H3. The first kappa shape index (κ1) is 11.4. The highest BCUT2D eigenvalue weighted by molar-refractivity contribution is 7.90. The average Bonchev–Trinajstić information content (AvgIpc) is 2.62. The van der Waals surface area contributed by atoms with Crippen LogP contribution < -0.4 is 5.32 Å². The molecule has 2 aliphatic carbocycles. The van der Waals surface area contributed by atoms with Gasteiger partial charge in [-0.05, 0) is 44.1 Å². The number of fused-ring (bicyclic) bond motifs is 1. The largest absolute Gasteiger partial charge is 0.317 e. The van der Waals surface area contributed by atoms with Crippen molar-refractivity contribution in [1.29, 1.82) is 0 Å². The van der Waals surface area contributed by atoms with Crippen molar-refractivity contribution >= 4 is 9.84 Å². The number of rotatable bonds is 5. The third-order valence-electron chi connectivity index (χ3n) is 4.11. The van der Waals surface area contributed by atoms with Crippen LogP contribution in [0.3, 0.4) is 0 Å². The molecule has 88 valence electrons. The highest BCUT2D eigenvalue weighted by Gasteiger charge is 2.55. The molecule has 3 nitrogen and oxygen atoms in total. The molecule has 0 amide bonds. The van der Waals surface area contributed by atoms with Crippen LogP contribution in [0, 0.1) is 17.8 Å². The van der Waals surface area contributed by atoms with Gasteiger partial charge in [-0.15, -0.1) is 0 Å². The molecule has 2 rings (SSSR count). The molecule has 2 fully saturated rings. The van der Waals surface area contributed by atoms with E-state index in [-0.39, 0.29) is 0 Å². The highest BCUT2D eigenvalue weighted by Crippen LogP contribution is 2.59. The van der Waals surface area contributed by atoms with Gasteiger partial charge in [-0.25, -0.2) is 8.42 Å². The van der Waals surface area contributed by atoms with Gasteiger partial charge in [0, 0.05) is 12.3 Å². The Morgan fingerprint density at radius 1 is 1.33 bits per heavy atom. The van der Waals surface area contributed by atoms with Crippen molar-refractivity contribution in [3.63, 3.8) is 0 Å². The second-order valence-corrected chi connectivity index (χ2v) is 7.41. The van der Waals surface area contributed by atoms with Gasteiger partial charge >= 0.3 is 0 Å². The van der Waals surface area contributed by atoms with Crippen LogP contribution in [-0.2, 0) is 9.84 Å². The minimum atomic E-state index is -2.80. The average molecular weight is 231 g/mol. The monoisotopic (exact) mass is 231 g/mol. The van der Waals surface area contributed by atoms with Gasteiger partial charge in [-0.1, -0.05) is 6.42 Å². The van der Waals surface area contributed by atoms with Gasteiger partial charge in [0.25, 0.3) is 0 Å². The molecule has 0 spiro atoms. The molecule has 0 radical (unpaired) electrons. The van der Waals surface area contributed by atoms with Crippen LogP contribution in [0.5, 0.6) is 0 Å². The third kappa shape index (κ3) is 2.53. The van der Waals surface area contributed by atoms with Crippen LogP contribution in [0.25, 0.3) is 0 Å². The van der Waals surface area contributed by atoms with E-state index in [0.717, 1.165) is 24.2 Å². The zero-order chi connectivity index (χ0) is 11.1. The molecule has 0 bridgehead atoms. The predicted molar refractivity (Wildman–Crippen MR) is 61.5 cm³/mol. The van der Waals surface area contributed by atoms with Gasteiger partial charge in [0.1, 0.15) is 9.84 Å². The second kappa shape index (κ2) is 4.06. The van der Waals surface area contributed by atoms with Crippen molar-refractivity contribution < 1.29 is 8.42 Å². The second-order valence-electron chi connectivity index (χ2n) is 5.15. The summed E-state index contributed by atoms with van der Waals surface area (Å²) in [4.78, 5) is 0. The molecule has 15 heavy (non-hydrogen) atoms. The first-order valence-corrected chi connectivity index (χ1v) is 7.94. The molecule has 2 aliphatic rings. The van der Waals surface area contributed by atoms with E-state index in [9.17, 15) is 8.42 Å². The summed E-state index contributed by atoms with van der Waals surface area (Å²) in [5.74, 6) is 2.91. The smallest absolute Gasteiger partial charge is 0.147 e. The zero-order valence-corrected chi connectivity index (χ0v) is 10.4. The maximum Gasteiger partial charge on any atom is 0.147 e. The quantitative estimate of drug-likeness (QED) is 0.769. The van der Waals surface area contributed by atoms with E-state index in [2.05, 4.69) is 5.32 Å². The van der Waals surface area contributed by atoms with Crippen molar-refractivity contribution in [3.8, 4) is 0 Å². The fraction of sp³-hybridized carbons (Fsp3) is 1.00. The van der Waals surface area contributed by atoms with E-state index in [1.807, 2.05) is 7.05 Å². The molecule has 4 heteroatoms. The molecule has 0 aliphatic heterocycles. The van der Waals surface area contributed by atoms with Gasteiger partial charge in [0.2, 0.25) is 0 Å². The Morgan fingerprint density at radius 2 is 1.93 bits per heavy atom. The molecule has 2 saturated carbocycles. The molecule has 0 aromatic carbocycles. The minimum absolute atomic E-state index is 0.328. The summed E-state index contributed by atoms with van der Waals surface area (Å²) in [7, 11) is -0.839. The van der Waals surface area contributed by atoms with Gasteiger partial charge in [-0.2, -0.15) is 0 Å². The lowest BCUT2D eigenvalue weighted by molar-refractivity contribution is 0.420. The fourth-order valence-corrected chi connectivity index (χ4v) is 4.03. The van der Waals surface area contributed by atoms with Crippen molar-refractivity contribution in [2.75, 3.05) is 19.1 Å². The molecule has 3 unspecified atom stereocenters. The van der Waals surface area contributed by atoms with E-state index in [4.69, 9.17) is 0 Å². The van der Waals surface area contributed by atoms with Gasteiger partial charge in [0.15, 0.2) is 0 Å². The lowest BCUT2D eigenvalue weighted by Crippen LogP contribution is -2.31. The fourth-order valence-electron chi connectivity index (χ4n) is 3.34. The molecular weight excluding hydrogens is 210 g/mol. The van der Waals surface area contributed by atoms with Crippen LogP contribution in [0.15, 0.2) is 0 Å². The highest BCUT2D eigenvalue weighted by atomic mass is 32.2. The summed E-state index contributed by atoms with van der Waals surface area (Å²) in [6.45, 7) is 0. The maximum atomic E-state index is 11.1. The van der Waals surface area contributed by atoms with Crippen molar-refractivity contribution in [2.24, 2.45) is 17.8 Å². The Morgan fingerprint density at radius 3 is 2.40 bits per heavy atom. The molecule has 0 saturated heterocycles. The lowest BCUT2D eigenvalue weighted by Gasteiger charge is -2.17. The van der Waals surface area contributed by atoms with E-state index < -0.39 is 9.84 Å². The van der Waals surface area contributed by atoms with Crippen molar-refractivity contribution in [3.05, 3.63) is 0 Å². The van der Waals surface area contributed by atoms with Crippen LogP contribution in [0.1, 0.15) is 25.7 Å². The topological polar surface area (TPSA) is 46.2 Å². The first-order chi connectivity index (χ1) is 7.03. The predicted octanol–water partition coefficient (Wildman–Crippen LogP) is 1.06. The summed E-state index contributed by atoms with van der Waals surface area (Å²) in [6, 6.07) is 0.426. The molecule has 0 aromatic rings. The van der Waals surface area contributed by atoms with Crippen LogP contribution in [0.2, 0.25) is 0 Å². The van der Waals surface area contributed by atoms with Crippen LogP contribution in [0.4, 0.5) is 0 Å². The molecule has 0 aromatic heterocycles. The number of hydrogen-bond donors (Lipinski definition) is 1. The van der Waals surface area contributed by atoms with Crippen molar-refractivity contribution in [2.45, 2.75) is 31.7 Å². The Balaban J connectivity index is 1.84. The van der Waals surface area contributed by atoms with E-state index in [1.165, 1.54) is 25.5 Å². The molecular formula is C11H21NO2S. The summed E-state index contributed by atoms with van der Waals surface area (Å²) >= 11 is 0. The first-order valence-electron chi connectivity index (χ1n) is 5.88. The Kier molecular flexibility index (Phi) is 3.08. The Bertz CT molecular complexity index is 315. The third-order valence-corrected chi connectivity index (χ3v) is 5.09. The van der Waals surface area contributed by atoms with Crippen molar-refractivity contribution in [1.82, 2.24) is 5.32 Å². The summed E-state index contributed by atoms with van der Waals surface area (Å²) in [5, 5.41) is 3.30. The zero-order valence-electron chi connectivity index (χ0n) is 9.57. The number of nitrogens with one attached hydrogen (secondary N) is 1. The normalized spacial score (nSPS) is 36.3. The van der Waals surface area contributed by atoms with E-state index in [0.29, 0.717) is 11.8 Å². The summed E-state index contributed by atoms with van der Waals surface area (Å²) in [5.41, 5.74) is 0. The summed E-state index contributed by atoms with van der Waals surface area (Å²) < 4.78 is 22.2. The maximum absolute atomic E-state index is 11.1. The Labute approximate surface area is 92.6 Å². The summed E-state index contributed by atoms with van der Waals surface area (Å²) in [6.07, 6.45) is 6.23. The van der Waals surface area contributed by atoms with Gasteiger partial charge in [-0.3, -0.25) is 0 Å². The van der Waals surface area contributed by atoms with E-state index in [1.54, 1.807) is 0 Å². The molecule has 3 atom stereocenters. The van der Waals surface area contributed by atoms with E-state index >= 15 is 0 Å². The minimum Gasteiger partial charge on any atom is -0.317 e.